The summed E-state index contributed by atoms with van der Waals surface area (Å²) in [6.45, 7) is -0.0665. The Morgan fingerprint density at radius 2 is 1.79 bits per heavy atom. The summed E-state index contributed by atoms with van der Waals surface area (Å²) < 4.78 is 38.3. The van der Waals surface area contributed by atoms with Gasteiger partial charge >= 0.3 is 0 Å². The predicted molar refractivity (Wildman–Crippen MR) is 43.0 cm³/mol. The van der Waals surface area contributed by atoms with Crippen LogP contribution in [0.5, 0.6) is 0 Å². The normalized spacial score (nSPS) is 9.64. The molecule has 2 nitrogen and oxygen atoms in total. The quantitative estimate of drug-likeness (QED) is 0.543. The van der Waals surface area contributed by atoms with Crippen molar-refractivity contribution in [2.75, 3.05) is 6.54 Å². The summed E-state index contributed by atoms with van der Waals surface area (Å²) in [7, 11) is 0. The molecule has 0 unspecified atom stereocenters. The molecule has 74 valence electrons. The second kappa shape index (κ2) is 4.58. The van der Waals surface area contributed by atoms with Crippen molar-refractivity contribution in [3.05, 3.63) is 35.1 Å². The van der Waals surface area contributed by atoms with Crippen molar-refractivity contribution in [2.24, 2.45) is 4.99 Å². The Hall–Kier alpha value is -1.61. The molecule has 1 aromatic rings. The fraction of sp³-hybridized carbons (Fsp3) is 0.222. The van der Waals surface area contributed by atoms with E-state index in [1.807, 2.05) is 0 Å². The number of isocyanates is 1. The monoisotopic (exact) mass is 201 g/mol. The second-order valence-electron chi connectivity index (χ2n) is 2.57. The van der Waals surface area contributed by atoms with Crippen LogP contribution in [0.15, 0.2) is 17.1 Å². The third kappa shape index (κ3) is 2.44. The average Bonchev–Trinajstić information content (AvgIpc) is 2.09. The second-order valence-corrected chi connectivity index (χ2v) is 2.57. The number of aliphatic imine (C=N–C) groups is 1. The predicted octanol–water partition coefficient (Wildman–Crippen LogP) is 1.98. The maximum absolute atomic E-state index is 12.9. The third-order valence-electron chi connectivity index (χ3n) is 1.64. The maximum atomic E-state index is 12.9. The van der Waals surface area contributed by atoms with Gasteiger partial charge in [0.1, 0.15) is 17.5 Å². The van der Waals surface area contributed by atoms with Crippen LogP contribution in [0.25, 0.3) is 0 Å². The summed E-state index contributed by atoms with van der Waals surface area (Å²) in [5.74, 6) is -2.91. The van der Waals surface area contributed by atoms with E-state index in [1.54, 1.807) is 0 Å². The van der Waals surface area contributed by atoms with E-state index < -0.39 is 17.5 Å². The van der Waals surface area contributed by atoms with Crippen LogP contribution >= 0.6 is 0 Å². The van der Waals surface area contributed by atoms with Crippen molar-refractivity contribution in [1.82, 2.24) is 0 Å². The van der Waals surface area contributed by atoms with Crippen LogP contribution in [0.1, 0.15) is 5.56 Å². The molecule has 1 rings (SSSR count). The smallest absolute Gasteiger partial charge is 0.211 e. The highest BCUT2D eigenvalue weighted by atomic mass is 19.1. The van der Waals surface area contributed by atoms with Crippen LogP contribution in [0.4, 0.5) is 13.2 Å². The summed E-state index contributed by atoms with van der Waals surface area (Å²) in [6, 6.07) is 1.17. The van der Waals surface area contributed by atoms with Gasteiger partial charge in [0, 0.05) is 17.7 Å². The molecule has 0 N–H and O–H groups in total. The van der Waals surface area contributed by atoms with Crippen molar-refractivity contribution in [1.29, 1.82) is 0 Å². The average molecular weight is 201 g/mol. The highest BCUT2D eigenvalue weighted by molar-refractivity contribution is 5.33. The van der Waals surface area contributed by atoms with Crippen LogP contribution in [-0.4, -0.2) is 12.6 Å². The van der Waals surface area contributed by atoms with Crippen LogP contribution in [-0.2, 0) is 11.2 Å². The lowest BCUT2D eigenvalue weighted by Gasteiger charge is -2.02. The van der Waals surface area contributed by atoms with Crippen LogP contribution in [0.2, 0.25) is 0 Å². The van der Waals surface area contributed by atoms with Gasteiger partial charge in [0.15, 0.2) is 0 Å². The number of rotatable bonds is 3. The molecule has 0 saturated carbocycles. The van der Waals surface area contributed by atoms with E-state index in [2.05, 4.69) is 4.99 Å². The van der Waals surface area contributed by atoms with Crippen molar-refractivity contribution in [2.45, 2.75) is 6.42 Å². The van der Waals surface area contributed by atoms with Gasteiger partial charge in [0.25, 0.3) is 0 Å². The SMILES string of the molecule is O=C=NCCc1c(F)cc(F)cc1F. The molecule has 5 heteroatoms. The molecule has 0 fully saturated rings. The Kier molecular flexibility index (Phi) is 3.42. The minimum atomic E-state index is -0.970. The minimum Gasteiger partial charge on any atom is -0.211 e. The summed E-state index contributed by atoms with van der Waals surface area (Å²) in [6.07, 6.45) is 1.15. The highest BCUT2D eigenvalue weighted by Crippen LogP contribution is 2.15. The Bertz CT molecular complexity index is 363. The molecule has 0 spiro atoms. The fourth-order valence-electron chi connectivity index (χ4n) is 1.02. The zero-order chi connectivity index (χ0) is 10.6. The van der Waals surface area contributed by atoms with Gasteiger partial charge in [-0.25, -0.2) is 23.0 Å². The number of benzene rings is 1. The Morgan fingerprint density at radius 1 is 1.21 bits per heavy atom. The largest absolute Gasteiger partial charge is 0.234 e. The maximum Gasteiger partial charge on any atom is 0.234 e. The van der Waals surface area contributed by atoms with Crippen molar-refractivity contribution >= 4 is 6.08 Å². The van der Waals surface area contributed by atoms with Gasteiger partial charge in [0.2, 0.25) is 6.08 Å². The first-order chi connectivity index (χ1) is 6.65. The molecule has 14 heavy (non-hydrogen) atoms. The van der Waals surface area contributed by atoms with Crippen molar-refractivity contribution in [3.63, 3.8) is 0 Å². The van der Waals surface area contributed by atoms with E-state index >= 15 is 0 Å². The van der Waals surface area contributed by atoms with Crippen LogP contribution in [0, 0.1) is 17.5 Å². The molecule has 0 amide bonds. The van der Waals surface area contributed by atoms with Gasteiger partial charge in [-0.15, -0.1) is 0 Å². The first kappa shape index (κ1) is 10.5. The molecule has 0 saturated heterocycles. The molecule has 0 atom stereocenters. The lowest BCUT2D eigenvalue weighted by atomic mass is 10.1. The highest BCUT2D eigenvalue weighted by Gasteiger charge is 2.10. The summed E-state index contributed by atoms with van der Waals surface area (Å²) in [4.78, 5) is 12.8. The lowest BCUT2D eigenvalue weighted by Crippen LogP contribution is -1.99. The van der Waals surface area contributed by atoms with E-state index in [1.165, 1.54) is 6.08 Å². The first-order valence-corrected chi connectivity index (χ1v) is 3.82. The van der Waals surface area contributed by atoms with Gasteiger partial charge < -0.3 is 0 Å². The molecule has 0 aliphatic heterocycles. The van der Waals surface area contributed by atoms with Crippen LogP contribution in [0.3, 0.4) is 0 Å². The Balaban J connectivity index is 2.90. The molecule has 1 aromatic carbocycles. The molecule has 0 aromatic heterocycles. The summed E-state index contributed by atoms with van der Waals surface area (Å²) in [5, 5.41) is 0. The first-order valence-electron chi connectivity index (χ1n) is 3.82. The van der Waals surface area contributed by atoms with Gasteiger partial charge in [-0.1, -0.05) is 0 Å². The van der Waals surface area contributed by atoms with Gasteiger partial charge in [-0.05, 0) is 6.42 Å². The number of nitrogens with zero attached hydrogens (tertiary/aromatic N) is 1. The molecule has 0 heterocycles. The Morgan fingerprint density at radius 3 is 2.29 bits per heavy atom. The zero-order valence-electron chi connectivity index (χ0n) is 7.06. The Labute approximate surface area is 78.1 Å². The summed E-state index contributed by atoms with van der Waals surface area (Å²) >= 11 is 0. The molecule has 0 aliphatic carbocycles. The van der Waals surface area contributed by atoms with Gasteiger partial charge in [-0.2, -0.15) is 0 Å². The van der Waals surface area contributed by atoms with Gasteiger partial charge in [-0.3, -0.25) is 0 Å². The van der Waals surface area contributed by atoms with E-state index in [0.717, 1.165) is 0 Å². The van der Waals surface area contributed by atoms with E-state index in [9.17, 15) is 18.0 Å². The van der Waals surface area contributed by atoms with Crippen LogP contribution < -0.4 is 0 Å². The van der Waals surface area contributed by atoms with E-state index in [4.69, 9.17) is 0 Å². The molecule has 0 bridgehead atoms. The number of halogens is 3. The molecule has 0 radical (unpaired) electrons. The van der Waals surface area contributed by atoms with E-state index in [-0.39, 0.29) is 18.5 Å². The summed E-state index contributed by atoms with van der Waals surface area (Å²) in [5.41, 5.74) is -0.273. The fourth-order valence-corrected chi connectivity index (χ4v) is 1.02. The number of hydrogen-bond donors (Lipinski definition) is 0. The van der Waals surface area contributed by atoms with E-state index in [0.29, 0.717) is 12.1 Å². The number of hydrogen-bond acceptors (Lipinski definition) is 2. The van der Waals surface area contributed by atoms with Crippen molar-refractivity contribution < 1.29 is 18.0 Å². The topological polar surface area (TPSA) is 29.4 Å². The molecular weight excluding hydrogens is 195 g/mol. The minimum absolute atomic E-state index is 0.0665. The zero-order valence-corrected chi connectivity index (χ0v) is 7.06. The standard InChI is InChI=1S/C9H6F3NO/c10-6-3-8(11)7(9(12)4-6)1-2-13-5-14/h3-4H,1-2H2. The van der Waals surface area contributed by atoms with Crippen molar-refractivity contribution in [3.8, 4) is 0 Å². The number of carbonyl (C=O) groups excluding carboxylic acids is 1. The third-order valence-corrected chi connectivity index (χ3v) is 1.64. The molecular formula is C9H6F3NO. The van der Waals surface area contributed by atoms with Gasteiger partial charge in [0.05, 0.1) is 6.54 Å². The molecule has 0 aliphatic rings. The lowest BCUT2D eigenvalue weighted by molar-refractivity contribution is 0.523.